The van der Waals surface area contributed by atoms with Gasteiger partial charge in [-0.2, -0.15) is 0 Å². The van der Waals surface area contributed by atoms with Crippen LogP contribution in [0.3, 0.4) is 0 Å². The molecule has 1 aromatic rings. The molecule has 0 spiro atoms. The van der Waals surface area contributed by atoms with Gasteiger partial charge in [-0.3, -0.25) is 4.90 Å². The molecule has 1 fully saturated rings. The van der Waals surface area contributed by atoms with Crippen molar-refractivity contribution in [2.45, 2.75) is 13.0 Å². The van der Waals surface area contributed by atoms with Gasteiger partial charge in [0.2, 0.25) is 0 Å². The molecule has 1 unspecified atom stereocenters. The molecule has 0 aromatic heterocycles. The summed E-state index contributed by atoms with van der Waals surface area (Å²) >= 11 is 0. The molecule has 0 amide bonds. The maximum atomic E-state index is 10.2. The van der Waals surface area contributed by atoms with E-state index in [9.17, 15) is 5.11 Å². The summed E-state index contributed by atoms with van der Waals surface area (Å²) in [6.45, 7) is 8.48. The fraction of sp³-hybridized carbons (Fsp3) is 0.625. The zero-order valence-electron chi connectivity index (χ0n) is 12.6. The van der Waals surface area contributed by atoms with Crippen molar-refractivity contribution in [1.29, 1.82) is 0 Å². The van der Waals surface area contributed by atoms with Crippen LogP contribution in [0.1, 0.15) is 17.2 Å². The van der Waals surface area contributed by atoms with E-state index in [4.69, 9.17) is 4.74 Å². The van der Waals surface area contributed by atoms with Crippen LogP contribution < -0.4 is 0 Å². The van der Waals surface area contributed by atoms with Gasteiger partial charge in [0.15, 0.2) is 0 Å². The third kappa shape index (κ3) is 4.87. The summed E-state index contributed by atoms with van der Waals surface area (Å²) in [5, 5.41) is 10.2. The Morgan fingerprint density at radius 2 is 1.90 bits per heavy atom. The molecular weight excluding hydrogens is 252 g/mol. The van der Waals surface area contributed by atoms with Crippen molar-refractivity contribution < 1.29 is 9.84 Å². The van der Waals surface area contributed by atoms with E-state index < -0.39 is 6.10 Å². The molecule has 0 bridgehead atoms. The lowest BCUT2D eigenvalue weighted by molar-refractivity contribution is 0.0320. The smallest absolute Gasteiger partial charge is 0.0916 e. The van der Waals surface area contributed by atoms with Crippen molar-refractivity contribution in [2.24, 2.45) is 0 Å². The van der Waals surface area contributed by atoms with Gasteiger partial charge in [0.05, 0.1) is 19.3 Å². The largest absolute Gasteiger partial charge is 0.387 e. The van der Waals surface area contributed by atoms with E-state index in [1.807, 2.05) is 24.3 Å². The molecule has 112 valence electrons. The Balaban J connectivity index is 1.72. The van der Waals surface area contributed by atoms with Crippen molar-refractivity contribution in [3.8, 4) is 0 Å². The third-order valence-corrected chi connectivity index (χ3v) is 3.85. The first-order chi connectivity index (χ1) is 9.65. The zero-order valence-corrected chi connectivity index (χ0v) is 12.6. The number of hydrogen-bond donors (Lipinski definition) is 1. The molecule has 1 saturated heterocycles. The number of likely N-dealkylation sites (N-methyl/N-ethyl adjacent to an activating group) is 1. The third-order valence-electron chi connectivity index (χ3n) is 3.85. The Morgan fingerprint density at radius 1 is 1.25 bits per heavy atom. The number of rotatable bonds is 6. The van der Waals surface area contributed by atoms with E-state index in [0.29, 0.717) is 6.54 Å². The van der Waals surface area contributed by atoms with E-state index >= 15 is 0 Å². The number of aliphatic hydroxyl groups is 1. The van der Waals surface area contributed by atoms with E-state index in [2.05, 4.69) is 23.8 Å². The highest BCUT2D eigenvalue weighted by molar-refractivity contribution is 5.23. The predicted octanol–water partition coefficient (Wildman–Crippen LogP) is 1.29. The SMILES string of the molecule is Cc1ccc(C(O)CN(C)CCN2CCOCC2)cc1. The van der Waals surface area contributed by atoms with Crippen LogP contribution in [0.2, 0.25) is 0 Å². The van der Waals surface area contributed by atoms with Gasteiger partial charge in [0, 0.05) is 32.7 Å². The first-order valence-corrected chi connectivity index (χ1v) is 7.38. The van der Waals surface area contributed by atoms with Gasteiger partial charge < -0.3 is 14.7 Å². The summed E-state index contributed by atoms with van der Waals surface area (Å²) in [6.07, 6.45) is -0.412. The Kier molecular flexibility index (Phi) is 5.98. The number of nitrogens with zero attached hydrogens (tertiary/aromatic N) is 2. The molecule has 20 heavy (non-hydrogen) atoms. The quantitative estimate of drug-likeness (QED) is 0.851. The highest BCUT2D eigenvalue weighted by atomic mass is 16.5. The minimum atomic E-state index is -0.412. The van der Waals surface area contributed by atoms with Gasteiger partial charge >= 0.3 is 0 Å². The molecule has 1 atom stereocenters. The summed E-state index contributed by atoms with van der Waals surface area (Å²) < 4.78 is 5.34. The van der Waals surface area contributed by atoms with Crippen molar-refractivity contribution in [1.82, 2.24) is 9.80 Å². The van der Waals surface area contributed by atoms with Crippen molar-refractivity contribution in [3.05, 3.63) is 35.4 Å². The summed E-state index contributed by atoms with van der Waals surface area (Å²) in [5.41, 5.74) is 2.22. The van der Waals surface area contributed by atoms with Gasteiger partial charge in [0.25, 0.3) is 0 Å². The lowest BCUT2D eigenvalue weighted by Gasteiger charge is -2.29. The van der Waals surface area contributed by atoms with Gasteiger partial charge in [0.1, 0.15) is 0 Å². The lowest BCUT2D eigenvalue weighted by atomic mass is 10.1. The molecular formula is C16H26N2O2. The average Bonchev–Trinajstić information content (AvgIpc) is 2.47. The molecule has 4 heteroatoms. The Labute approximate surface area is 122 Å². The molecule has 0 aliphatic carbocycles. The van der Waals surface area contributed by atoms with E-state index in [0.717, 1.165) is 45.0 Å². The van der Waals surface area contributed by atoms with Gasteiger partial charge in [-0.15, -0.1) is 0 Å². The maximum Gasteiger partial charge on any atom is 0.0916 e. The van der Waals surface area contributed by atoms with Gasteiger partial charge in [-0.05, 0) is 19.5 Å². The standard InChI is InChI=1S/C16H26N2O2/c1-14-3-5-15(6-4-14)16(19)13-17(2)7-8-18-9-11-20-12-10-18/h3-6,16,19H,7-13H2,1-2H3. The van der Waals surface area contributed by atoms with Crippen LogP contribution in [-0.2, 0) is 4.74 Å². The predicted molar refractivity (Wildman–Crippen MR) is 80.9 cm³/mol. The maximum absolute atomic E-state index is 10.2. The van der Waals surface area contributed by atoms with E-state index in [1.54, 1.807) is 0 Å². The van der Waals surface area contributed by atoms with E-state index in [1.165, 1.54) is 5.56 Å². The summed E-state index contributed by atoms with van der Waals surface area (Å²) in [7, 11) is 2.07. The molecule has 4 nitrogen and oxygen atoms in total. The molecule has 0 saturated carbocycles. The van der Waals surface area contributed by atoms with Crippen molar-refractivity contribution in [2.75, 3.05) is 53.0 Å². The fourth-order valence-electron chi connectivity index (χ4n) is 2.42. The lowest BCUT2D eigenvalue weighted by Crippen LogP contribution is -2.41. The summed E-state index contributed by atoms with van der Waals surface area (Å²) in [5.74, 6) is 0. The Bertz CT molecular complexity index is 388. The van der Waals surface area contributed by atoms with E-state index in [-0.39, 0.29) is 0 Å². The van der Waals surface area contributed by atoms with Crippen molar-refractivity contribution >= 4 is 0 Å². The minimum absolute atomic E-state index is 0.412. The number of morpholine rings is 1. The Morgan fingerprint density at radius 3 is 2.55 bits per heavy atom. The average molecular weight is 278 g/mol. The van der Waals surface area contributed by atoms with Crippen LogP contribution in [0.15, 0.2) is 24.3 Å². The van der Waals surface area contributed by atoms with Crippen LogP contribution in [0.5, 0.6) is 0 Å². The van der Waals surface area contributed by atoms with Gasteiger partial charge in [-0.25, -0.2) is 0 Å². The molecule has 1 heterocycles. The molecule has 2 rings (SSSR count). The molecule has 0 radical (unpaired) electrons. The second kappa shape index (κ2) is 7.74. The minimum Gasteiger partial charge on any atom is -0.387 e. The first-order valence-electron chi connectivity index (χ1n) is 7.38. The topological polar surface area (TPSA) is 35.9 Å². The monoisotopic (exact) mass is 278 g/mol. The molecule has 1 N–H and O–H groups in total. The molecule has 1 aliphatic rings. The fourth-order valence-corrected chi connectivity index (χ4v) is 2.42. The van der Waals surface area contributed by atoms with Crippen LogP contribution >= 0.6 is 0 Å². The van der Waals surface area contributed by atoms with Crippen LogP contribution in [0.4, 0.5) is 0 Å². The highest BCUT2D eigenvalue weighted by Gasteiger charge is 2.13. The molecule has 1 aliphatic heterocycles. The number of ether oxygens (including phenoxy) is 1. The second-order valence-corrected chi connectivity index (χ2v) is 5.64. The van der Waals surface area contributed by atoms with Crippen LogP contribution in [0.25, 0.3) is 0 Å². The number of aryl methyl sites for hydroxylation is 1. The normalized spacial score (nSPS) is 18.4. The zero-order chi connectivity index (χ0) is 14.4. The van der Waals surface area contributed by atoms with Gasteiger partial charge in [-0.1, -0.05) is 29.8 Å². The highest BCUT2D eigenvalue weighted by Crippen LogP contribution is 2.14. The number of benzene rings is 1. The van der Waals surface area contributed by atoms with Crippen molar-refractivity contribution in [3.63, 3.8) is 0 Å². The second-order valence-electron chi connectivity index (χ2n) is 5.64. The molecule has 1 aromatic carbocycles. The Hall–Kier alpha value is -0.940. The van der Waals surface area contributed by atoms with Crippen LogP contribution in [0, 0.1) is 6.92 Å². The number of hydrogen-bond acceptors (Lipinski definition) is 4. The first kappa shape index (κ1) is 15.4. The van der Waals surface area contributed by atoms with Crippen LogP contribution in [-0.4, -0.2) is 67.9 Å². The number of aliphatic hydroxyl groups excluding tert-OH is 1. The summed E-state index contributed by atoms with van der Waals surface area (Å²) in [6, 6.07) is 8.12. The summed E-state index contributed by atoms with van der Waals surface area (Å²) in [4.78, 5) is 4.61.